The molecule has 2 aromatic heterocycles. The van der Waals surface area contributed by atoms with Gasteiger partial charge in [-0.05, 0) is 12.1 Å². The first-order chi connectivity index (χ1) is 11.5. The van der Waals surface area contributed by atoms with Crippen molar-refractivity contribution in [1.82, 2.24) is 14.4 Å². The maximum atomic E-state index is 14.3. The highest BCUT2D eigenvalue weighted by molar-refractivity contribution is 5.94. The second kappa shape index (κ2) is 5.76. The van der Waals surface area contributed by atoms with Gasteiger partial charge in [0, 0.05) is 6.20 Å². The van der Waals surface area contributed by atoms with Gasteiger partial charge >= 0.3 is 5.97 Å². The highest BCUT2D eigenvalue weighted by Gasteiger charge is 2.23. The predicted octanol–water partition coefficient (Wildman–Crippen LogP) is 2.05. The van der Waals surface area contributed by atoms with Crippen LogP contribution in [0.4, 0.5) is 14.5 Å². The number of aromatic nitrogens is 3. The van der Waals surface area contributed by atoms with Crippen molar-refractivity contribution in [2.24, 2.45) is 0 Å². The Labute approximate surface area is 134 Å². The molecule has 0 bridgehead atoms. The highest BCUT2D eigenvalue weighted by Crippen LogP contribution is 2.35. The Morgan fingerprint density at radius 2 is 2.04 bits per heavy atom. The Bertz CT molecular complexity index is 956. The van der Waals surface area contributed by atoms with Crippen molar-refractivity contribution < 1.29 is 23.0 Å². The highest BCUT2D eigenvalue weighted by atomic mass is 19.1. The molecular formula is C15H12F2N4O3. The molecule has 0 aliphatic heterocycles. The van der Waals surface area contributed by atoms with Crippen LogP contribution < -0.4 is 10.5 Å². The molecular weight excluding hydrogens is 322 g/mol. The molecule has 3 aromatic rings. The van der Waals surface area contributed by atoms with Crippen LogP contribution in [0, 0.1) is 11.6 Å². The number of rotatable bonds is 3. The molecule has 2 heterocycles. The van der Waals surface area contributed by atoms with Crippen molar-refractivity contribution in [2.75, 3.05) is 20.0 Å². The second-order valence-corrected chi connectivity index (χ2v) is 4.81. The number of fused-ring (bicyclic) bond motifs is 1. The number of nitrogens with two attached hydrogens (primary N) is 1. The summed E-state index contributed by atoms with van der Waals surface area (Å²) in [4.78, 5) is 19.7. The molecule has 0 spiro atoms. The lowest BCUT2D eigenvalue weighted by Crippen LogP contribution is -2.05. The van der Waals surface area contributed by atoms with E-state index in [1.54, 1.807) is 0 Å². The minimum atomic E-state index is -0.928. The standard InChI is InChI=1S/C15H12F2N4O3/c1-23-14-7(10-8(16)3-4-9(18)11(10)17)5-21-6-19-12(13(21)20-14)15(22)24-2/h3-6H,18H2,1-2H3. The zero-order valence-electron chi connectivity index (χ0n) is 12.7. The number of halogens is 2. The van der Waals surface area contributed by atoms with E-state index in [0.29, 0.717) is 0 Å². The van der Waals surface area contributed by atoms with E-state index in [9.17, 15) is 13.6 Å². The summed E-state index contributed by atoms with van der Waals surface area (Å²) in [6, 6.07) is 2.17. The summed E-state index contributed by atoms with van der Waals surface area (Å²) < 4.78 is 39.5. The number of benzene rings is 1. The Balaban J connectivity index is 2.31. The van der Waals surface area contributed by atoms with E-state index < -0.39 is 17.6 Å². The van der Waals surface area contributed by atoms with Crippen molar-refractivity contribution >= 4 is 17.3 Å². The van der Waals surface area contributed by atoms with E-state index in [-0.39, 0.29) is 34.0 Å². The van der Waals surface area contributed by atoms with E-state index in [0.717, 1.165) is 12.1 Å². The molecule has 0 aliphatic rings. The minimum Gasteiger partial charge on any atom is -0.480 e. The van der Waals surface area contributed by atoms with Crippen molar-refractivity contribution in [2.45, 2.75) is 0 Å². The monoisotopic (exact) mass is 334 g/mol. The van der Waals surface area contributed by atoms with Gasteiger partial charge in [0.05, 0.1) is 31.0 Å². The molecule has 0 atom stereocenters. The SMILES string of the molecule is COC(=O)c1ncn2cc(-c3c(F)ccc(N)c3F)c(OC)nc12. The fourth-order valence-corrected chi connectivity index (χ4v) is 2.29. The van der Waals surface area contributed by atoms with Crippen LogP contribution >= 0.6 is 0 Å². The number of carbonyl (C=O) groups is 1. The number of ether oxygens (including phenoxy) is 2. The largest absolute Gasteiger partial charge is 0.480 e. The van der Waals surface area contributed by atoms with Gasteiger partial charge in [0.25, 0.3) is 0 Å². The number of carbonyl (C=O) groups excluding carboxylic acids is 1. The van der Waals surface area contributed by atoms with Gasteiger partial charge in [-0.25, -0.2) is 18.6 Å². The molecule has 0 fully saturated rings. The molecule has 2 N–H and O–H groups in total. The van der Waals surface area contributed by atoms with Crippen LogP contribution in [-0.4, -0.2) is 34.6 Å². The van der Waals surface area contributed by atoms with Crippen molar-refractivity contribution in [1.29, 1.82) is 0 Å². The van der Waals surface area contributed by atoms with Crippen LogP contribution in [0.1, 0.15) is 10.5 Å². The van der Waals surface area contributed by atoms with Gasteiger partial charge in [-0.3, -0.25) is 4.40 Å². The third-order valence-corrected chi connectivity index (χ3v) is 3.44. The molecule has 9 heteroatoms. The van der Waals surface area contributed by atoms with E-state index in [4.69, 9.17) is 10.5 Å². The van der Waals surface area contributed by atoms with Gasteiger partial charge in [0.2, 0.25) is 5.88 Å². The molecule has 3 rings (SSSR count). The van der Waals surface area contributed by atoms with Crippen LogP contribution in [-0.2, 0) is 4.74 Å². The summed E-state index contributed by atoms with van der Waals surface area (Å²) in [5.74, 6) is -2.53. The molecule has 7 nitrogen and oxygen atoms in total. The van der Waals surface area contributed by atoms with E-state index in [2.05, 4.69) is 14.7 Å². The Morgan fingerprint density at radius 1 is 1.29 bits per heavy atom. The van der Waals surface area contributed by atoms with E-state index in [1.807, 2.05) is 0 Å². The Hall–Kier alpha value is -3.23. The number of nitrogen functional groups attached to an aromatic ring is 1. The quantitative estimate of drug-likeness (QED) is 0.582. The third-order valence-electron chi connectivity index (χ3n) is 3.44. The molecule has 1 aromatic carbocycles. The number of methoxy groups -OCH3 is 2. The van der Waals surface area contributed by atoms with Crippen LogP contribution in [0.15, 0.2) is 24.7 Å². The zero-order valence-corrected chi connectivity index (χ0v) is 12.7. The molecule has 0 aliphatic carbocycles. The maximum Gasteiger partial charge on any atom is 0.360 e. The van der Waals surface area contributed by atoms with Gasteiger partial charge in [-0.2, -0.15) is 4.98 Å². The average molecular weight is 334 g/mol. The molecule has 0 radical (unpaired) electrons. The normalized spacial score (nSPS) is 10.8. The summed E-state index contributed by atoms with van der Waals surface area (Å²) in [5.41, 5.74) is 5.03. The lowest BCUT2D eigenvalue weighted by molar-refractivity contribution is 0.0596. The number of imidazole rings is 1. The number of nitrogens with zero attached hydrogens (tertiary/aromatic N) is 3. The van der Waals surface area contributed by atoms with Crippen molar-refractivity contribution in [3.8, 4) is 17.0 Å². The summed E-state index contributed by atoms with van der Waals surface area (Å²) >= 11 is 0. The zero-order chi connectivity index (χ0) is 17.4. The van der Waals surface area contributed by atoms with Crippen molar-refractivity contribution in [3.63, 3.8) is 0 Å². The molecule has 124 valence electrons. The van der Waals surface area contributed by atoms with Gasteiger partial charge < -0.3 is 15.2 Å². The Kier molecular flexibility index (Phi) is 3.76. The fourth-order valence-electron chi connectivity index (χ4n) is 2.29. The third kappa shape index (κ3) is 2.30. The summed E-state index contributed by atoms with van der Waals surface area (Å²) in [6.07, 6.45) is 2.63. The predicted molar refractivity (Wildman–Crippen MR) is 80.6 cm³/mol. The van der Waals surface area contributed by atoms with E-state index >= 15 is 0 Å². The molecule has 24 heavy (non-hydrogen) atoms. The number of anilines is 1. The Morgan fingerprint density at radius 3 is 2.71 bits per heavy atom. The summed E-state index contributed by atoms with van der Waals surface area (Å²) in [7, 11) is 2.50. The van der Waals surface area contributed by atoms with Crippen LogP contribution in [0.25, 0.3) is 16.8 Å². The topological polar surface area (TPSA) is 91.7 Å². The molecule has 0 unspecified atom stereocenters. The average Bonchev–Trinajstić information content (AvgIpc) is 3.00. The summed E-state index contributed by atoms with van der Waals surface area (Å²) in [5, 5.41) is 0. The van der Waals surface area contributed by atoms with Crippen LogP contribution in [0.3, 0.4) is 0 Å². The summed E-state index contributed by atoms with van der Waals surface area (Å²) in [6.45, 7) is 0. The lowest BCUT2D eigenvalue weighted by atomic mass is 10.1. The molecule has 0 saturated heterocycles. The number of esters is 1. The smallest absolute Gasteiger partial charge is 0.360 e. The van der Waals surface area contributed by atoms with Gasteiger partial charge in [0.15, 0.2) is 17.2 Å². The number of hydrogen-bond acceptors (Lipinski definition) is 6. The molecule has 0 saturated carbocycles. The first kappa shape index (κ1) is 15.7. The fraction of sp³-hybridized carbons (Fsp3) is 0.133. The first-order valence-corrected chi connectivity index (χ1v) is 6.71. The first-order valence-electron chi connectivity index (χ1n) is 6.71. The van der Waals surface area contributed by atoms with Crippen LogP contribution in [0.5, 0.6) is 5.88 Å². The lowest BCUT2D eigenvalue weighted by Gasteiger charge is -2.11. The second-order valence-electron chi connectivity index (χ2n) is 4.81. The van der Waals surface area contributed by atoms with Crippen LogP contribution in [0.2, 0.25) is 0 Å². The maximum absolute atomic E-state index is 14.3. The van der Waals surface area contributed by atoms with Crippen molar-refractivity contribution in [3.05, 3.63) is 42.0 Å². The van der Waals surface area contributed by atoms with Gasteiger partial charge in [-0.15, -0.1) is 0 Å². The molecule has 0 amide bonds. The van der Waals surface area contributed by atoms with Gasteiger partial charge in [0.1, 0.15) is 12.1 Å². The van der Waals surface area contributed by atoms with Gasteiger partial charge in [-0.1, -0.05) is 0 Å². The number of hydrogen-bond donors (Lipinski definition) is 1. The minimum absolute atomic E-state index is 0.0288. The van der Waals surface area contributed by atoms with E-state index in [1.165, 1.54) is 31.1 Å².